The van der Waals surface area contributed by atoms with E-state index in [0.29, 0.717) is 65.9 Å². The van der Waals surface area contributed by atoms with Crippen molar-refractivity contribution in [3.05, 3.63) is 125 Å². The van der Waals surface area contributed by atoms with Crippen LogP contribution in [0.2, 0.25) is 0 Å². The normalized spacial score (nSPS) is 13.2. The first kappa shape index (κ1) is 33.3. The van der Waals surface area contributed by atoms with Crippen LogP contribution >= 0.6 is 0 Å². The van der Waals surface area contributed by atoms with Gasteiger partial charge in [0.15, 0.2) is 0 Å². The first-order chi connectivity index (χ1) is 23.7. The van der Waals surface area contributed by atoms with Crippen LogP contribution in [-0.2, 0) is 21.2 Å². The van der Waals surface area contributed by atoms with Crippen molar-refractivity contribution in [3.8, 4) is 6.07 Å². The van der Waals surface area contributed by atoms with Crippen LogP contribution in [0.15, 0.2) is 106 Å². The molecule has 0 aliphatic carbocycles. The van der Waals surface area contributed by atoms with Gasteiger partial charge in [-0.25, -0.2) is 13.2 Å². The van der Waals surface area contributed by atoms with Crippen LogP contribution in [0.3, 0.4) is 0 Å². The van der Waals surface area contributed by atoms with Gasteiger partial charge in [0, 0.05) is 49.2 Å². The van der Waals surface area contributed by atoms with Gasteiger partial charge in [-0.15, -0.1) is 0 Å². The average Bonchev–Trinajstić information content (AvgIpc) is 3.47. The van der Waals surface area contributed by atoms with E-state index < -0.39 is 16.0 Å². The molecule has 11 heteroatoms. The number of amides is 1. The van der Waals surface area contributed by atoms with Gasteiger partial charge < -0.3 is 19.0 Å². The van der Waals surface area contributed by atoms with Crippen molar-refractivity contribution in [2.75, 3.05) is 48.5 Å². The Hall–Kier alpha value is -5.60. The standard InChI is InChI=1S/C38H36N4O6S/c1-3-47-38(44)36-27(2)32-25-31(17-18-35(32)48-36)49(45,46)42(20-19-28-9-5-4-6-10-28)34-12-8-7-11-33(34)40-21-23-41(24-22-40)37(43)30-15-13-29(26-39)14-16-30/h4-18,25H,3,19-24H2,1-2H3. The summed E-state index contributed by atoms with van der Waals surface area (Å²) in [5, 5.41) is 9.62. The van der Waals surface area contributed by atoms with Crippen LogP contribution < -0.4 is 9.21 Å². The molecule has 0 spiro atoms. The molecule has 1 fully saturated rings. The maximum absolute atomic E-state index is 14.6. The molecule has 0 bridgehead atoms. The highest BCUT2D eigenvalue weighted by Gasteiger charge is 2.31. The lowest BCUT2D eigenvalue weighted by atomic mass is 10.1. The molecule has 49 heavy (non-hydrogen) atoms. The third kappa shape index (κ3) is 6.87. The van der Waals surface area contributed by atoms with Gasteiger partial charge in [-0.3, -0.25) is 9.10 Å². The number of rotatable bonds is 10. The van der Waals surface area contributed by atoms with Gasteiger partial charge in [-0.05, 0) is 80.4 Å². The fourth-order valence-electron chi connectivity index (χ4n) is 6.09. The highest BCUT2D eigenvalue weighted by atomic mass is 32.2. The third-order valence-electron chi connectivity index (χ3n) is 8.72. The lowest BCUT2D eigenvalue weighted by Crippen LogP contribution is -2.49. The number of nitrogens with zero attached hydrogens (tertiary/aromatic N) is 4. The molecule has 1 saturated heterocycles. The molecule has 0 saturated carbocycles. The molecule has 0 N–H and O–H groups in total. The SMILES string of the molecule is CCOC(=O)c1oc2ccc(S(=O)(=O)N(CCc3ccccc3)c3ccccc3N3CCN(C(=O)c4ccc(C#N)cc4)CC3)cc2c1C. The zero-order chi connectivity index (χ0) is 34.5. The number of piperazine rings is 1. The second-order valence-electron chi connectivity index (χ2n) is 11.7. The number of benzene rings is 4. The molecule has 1 aliphatic rings. The van der Waals surface area contributed by atoms with Crippen LogP contribution in [0.1, 0.15) is 44.5 Å². The Labute approximate surface area is 285 Å². The molecular formula is C38H36N4O6S. The van der Waals surface area contributed by atoms with Gasteiger partial charge in [-0.2, -0.15) is 5.26 Å². The molecule has 5 aromatic rings. The number of hydrogen-bond acceptors (Lipinski definition) is 8. The highest BCUT2D eigenvalue weighted by molar-refractivity contribution is 7.92. The minimum Gasteiger partial charge on any atom is -0.460 e. The summed E-state index contributed by atoms with van der Waals surface area (Å²) in [4.78, 5) is 29.7. The number of carbonyl (C=O) groups is 2. The Morgan fingerprint density at radius 1 is 0.918 bits per heavy atom. The number of hydrogen-bond donors (Lipinski definition) is 0. The Morgan fingerprint density at radius 2 is 1.61 bits per heavy atom. The van der Waals surface area contributed by atoms with Gasteiger partial charge in [0.2, 0.25) is 5.76 Å². The number of ether oxygens (including phenoxy) is 1. The number of para-hydroxylation sites is 2. The van der Waals surface area contributed by atoms with Crippen molar-refractivity contribution in [1.29, 1.82) is 5.26 Å². The molecule has 0 unspecified atom stereocenters. The number of anilines is 2. The highest BCUT2D eigenvalue weighted by Crippen LogP contribution is 2.36. The van der Waals surface area contributed by atoms with Gasteiger partial charge in [-0.1, -0.05) is 42.5 Å². The van der Waals surface area contributed by atoms with E-state index in [9.17, 15) is 18.0 Å². The third-order valence-corrected chi connectivity index (χ3v) is 10.5. The van der Waals surface area contributed by atoms with Crippen molar-refractivity contribution >= 4 is 44.2 Å². The molecule has 250 valence electrons. The molecule has 1 aliphatic heterocycles. The topological polar surface area (TPSA) is 124 Å². The smallest absolute Gasteiger partial charge is 0.374 e. The number of aryl methyl sites for hydroxylation is 1. The van der Waals surface area contributed by atoms with Gasteiger partial charge in [0.25, 0.3) is 15.9 Å². The molecule has 6 rings (SSSR count). The summed E-state index contributed by atoms with van der Waals surface area (Å²) in [5.74, 6) is -0.659. The maximum atomic E-state index is 14.6. The van der Waals surface area contributed by atoms with Gasteiger partial charge in [0.1, 0.15) is 5.58 Å². The summed E-state index contributed by atoms with van der Waals surface area (Å²) in [5.41, 5.74) is 4.18. The second-order valence-corrected chi connectivity index (χ2v) is 13.6. The summed E-state index contributed by atoms with van der Waals surface area (Å²) >= 11 is 0. The van der Waals surface area contributed by atoms with Gasteiger partial charge in [0.05, 0.1) is 34.5 Å². The van der Waals surface area contributed by atoms with Crippen molar-refractivity contribution < 1.29 is 27.2 Å². The summed E-state index contributed by atoms with van der Waals surface area (Å²) in [6.07, 6.45) is 0.473. The Balaban J connectivity index is 1.32. The zero-order valence-corrected chi connectivity index (χ0v) is 28.2. The molecule has 4 aromatic carbocycles. The number of esters is 1. The number of fused-ring (bicyclic) bond motifs is 1. The van der Waals surface area contributed by atoms with Crippen LogP contribution in [0.25, 0.3) is 11.0 Å². The summed E-state index contributed by atoms with van der Waals surface area (Å²) in [6.45, 7) is 5.68. The average molecular weight is 677 g/mol. The van der Waals surface area contributed by atoms with Crippen LogP contribution in [0.4, 0.5) is 11.4 Å². The molecular weight excluding hydrogens is 641 g/mol. The lowest BCUT2D eigenvalue weighted by molar-refractivity contribution is 0.0491. The quantitative estimate of drug-likeness (QED) is 0.161. The molecule has 0 atom stereocenters. The molecule has 2 heterocycles. The first-order valence-electron chi connectivity index (χ1n) is 16.1. The largest absolute Gasteiger partial charge is 0.460 e. The van der Waals surface area contributed by atoms with E-state index in [0.717, 1.165) is 11.3 Å². The number of carbonyl (C=O) groups excluding carboxylic acids is 2. The van der Waals surface area contributed by atoms with E-state index in [4.69, 9.17) is 14.4 Å². The first-order valence-corrected chi connectivity index (χ1v) is 17.6. The van der Waals surface area contributed by atoms with Crippen LogP contribution in [0, 0.1) is 18.3 Å². The minimum atomic E-state index is -4.12. The van der Waals surface area contributed by atoms with Crippen molar-refractivity contribution in [3.63, 3.8) is 0 Å². The van der Waals surface area contributed by atoms with Crippen molar-refractivity contribution in [2.24, 2.45) is 0 Å². The molecule has 0 radical (unpaired) electrons. The fraction of sp³-hybridized carbons (Fsp3) is 0.237. The summed E-state index contributed by atoms with van der Waals surface area (Å²) in [6, 6.07) is 30.4. The number of furan rings is 1. The van der Waals surface area contributed by atoms with E-state index >= 15 is 0 Å². The lowest BCUT2D eigenvalue weighted by Gasteiger charge is -2.38. The molecule has 1 aromatic heterocycles. The number of sulfonamides is 1. The second kappa shape index (κ2) is 14.3. The molecule has 1 amide bonds. The Morgan fingerprint density at radius 3 is 2.31 bits per heavy atom. The van der Waals surface area contributed by atoms with E-state index in [1.165, 1.54) is 10.4 Å². The zero-order valence-electron chi connectivity index (χ0n) is 27.3. The van der Waals surface area contributed by atoms with E-state index in [1.807, 2.05) is 54.6 Å². The van der Waals surface area contributed by atoms with Crippen molar-refractivity contribution in [1.82, 2.24) is 4.90 Å². The maximum Gasteiger partial charge on any atom is 0.374 e. The number of nitriles is 1. The van der Waals surface area contributed by atoms with E-state index in [-0.39, 0.29) is 29.7 Å². The fourth-order valence-corrected chi connectivity index (χ4v) is 7.59. The van der Waals surface area contributed by atoms with Gasteiger partial charge >= 0.3 is 5.97 Å². The van der Waals surface area contributed by atoms with Crippen LogP contribution in [0.5, 0.6) is 0 Å². The molecule has 10 nitrogen and oxygen atoms in total. The Bertz CT molecular complexity index is 2130. The monoisotopic (exact) mass is 676 g/mol. The predicted molar refractivity (Wildman–Crippen MR) is 187 cm³/mol. The summed E-state index contributed by atoms with van der Waals surface area (Å²) < 4.78 is 41.6. The minimum absolute atomic E-state index is 0.0504. The predicted octanol–water partition coefficient (Wildman–Crippen LogP) is 6.19. The van der Waals surface area contributed by atoms with Crippen LogP contribution in [-0.4, -0.2) is 64.5 Å². The van der Waals surface area contributed by atoms with E-state index in [1.54, 1.807) is 55.1 Å². The summed E-state index contributed by atoms with van der Waals surface area (Å²) in [7, 11) is -4.12. The van der Waals surface area contributed by atoms with E-state index in [2.05, 4.69) is 11.0 Å². The Kier molecular flexibility index (Phi) is 9.69. The van der Waals surface area contributed by atoms with Crippen molar-refractivity contribution in [2.45, 2.75) is 25.2 Å².